The van der Waals surface area contributed by atoms with E-state index in [0.29, 0.717) is 13.2 Å². The molecule has 0 saturated carbocycles. The fraction of sp³-hybridized carbons (Fsp3) is 0.409. The molecule has 0 aliphatic carbocycles. The third kappa shape index (κ3) is 6.79. The van der Waals surface area contributed by atoms with Crippen LogP contribution in [0.2, 0.25) is 0 Å². The fourth-order valence-corrected chi connectivity index (χ4v) is 3.53. The van der Waals surface area contributed by atoms with E-state index in [0.717, 1.165) is 55.7 Å². The van der Waals surface area contributed by atoms with Gasteiger partial charge in [-0.1, -0.05) is 30.3 Å². The predicted octanol–water partition coefficient (Wildman–Crippen LogP) is 2.93. The Bertz CT molecular complexity index is 942. The van der Waals surface area contributed by atoms with Crippen molar-refractivity contribution in [1.82, 2.24) is 25.4 Å². The molecule has 2 N–H and O–H groups in total. The second-order valence-corrected chi connectivity index (χ2v) is 7.35. The molecule has 4 rings (SSSR count). The molecule has 0 amide bonds. The van der Waals surface area contributed by atoms with Crippen LogP contribution >= 0.6 is 24.0 Å². The Hall–Kier alpha value is -2.40. The van der Waals surface area contributed by atoms with E-state index in [1.807, 2.05) is 35.0 Å². The topological polar surface area (TPSA) is 89.5 Å². The zero-order valence-electron chi connectivity index (χ0n) is 17.7. The van der Waals surface area contributed by atoms with Crippen molar-refractivity contribution >= 4 is 29.9 Å². The Labute approximate surface area is 199 Å². The van der Waals surface area contributed by atoms with Crippen LogP contribution in [-0.2, 0) is 37.3 Å². The number of methoxy groups -OCH3 is 1. The lowest BCUT2D eigenvalue weighted by Gasteiger charge is -2.25. The second kappa shape index (κ2) is 11.8. The number of hydrogen-bond donors (Lipinski definition) is 2. The third-order valence-corrected chi connectivity index (χ3v) is 5.02. The maximum atomic E-state index is 5.43. The van der Waals surface area contributed by atoms with Crippen molar-refractivity contribution in [3.8, 4) is 0 Å². The van der Waals surface area contributed by atoms with Gasteiger partial charge >= 0.3 is 0 Å². The summed E-state index contributed by atoms with van der Waals surface area (Å²) in [5.74, 6) is 3.52. The van der Waals surface area contributed by atoms with Crippen molar-refractivity contribution in [2.75, 3.05) is 13.7 Å². The Balaban J connectivity index is 0.00000272. The number of nitrogens with one attached hydrogen (secondary N) is 2. The highest BCUT2D eigenvalue weighted by molar-refractivity contribution is 14.0. The summed E-state index contributed by atoms with van der Waals surface area (Å²) in [5, 5.41) is 11.6. The average molecular weight is 536 g/mol. The van der Waals surface area contributed by atoms with Gasteiger partial charge < -0.3 is 19.8 Å². The molecule has 0 spiro atoms. The highest BCUT2D eigenvalue weighted by atomic mass is 127. The average Bonchev–Trinajstić information content (AvgIpc) is 3.42. The van der Waals surface area contributed by atoms with Crippen molar-refractivity contribution in [3.05, 3.63) is 71.7 Å². The van der Waals surface area contributed by atoms with Gasteiger partial charge in [0.15, 0.2) is 11.8 Å². The first-order chi connectivity index (χ1) is 14.8. The highest BCUT2D eigenvalue weighted by Gasteiger charge is 2.22. The van der Waals surface area contributed by atoms with Gasteiger partial charge in [0.25, 0.3) is 0 Å². The van der Waals surface area contributed by atoms with Crippen LogP contribution in [-0.4, -0.2) is 40.4 Å². The highest BCUT2D eigenvalue weighted by Crippen LogP contribution is 2.13. The number of aliphatic imine (C=N–C) groups is 1. The first-order valence-electron chi connectivity index (χ1n) is 10.3. The minimum atomic E-state index is 0. The normalized spacial score (nSPS) is 15.8. The first kappa shape index (κ1) is 23.3. The Morgan fingerprint density at radius 1 is 1.26 bits per heavy atom. The van der Waals surface area contributed by atoms with Crippen LogP contribution in [0, 0.1) is 0 Å². The van der Waals surface area contributed by atoms with Gasteiger partial charge in [0.05, 0.1) is 19.4 Å². The van der Waals surface area contributed by atoms with Crippen molar-refractivity contribution < 1.29 is 9.15 Å². The summed E-state index contributed by atoms with van der Waals surface area (Å²) < 4.78 is 12.6. The summed E-state index contributed by atoms with van der Waals surface area (Å²) in [6.07, 6.45) is 4.37. The van der Waals surface area contributed by atoms with E-state index in [4.69, 9.17) is 14.1 Å². The van der Waals surface area contributed by atoms with Gasteiger partial charge in [-0.25, -0.2) is 14.7 Å². The standard InChI is InChI=1S/C22H28N6O2.HI/c1-29-16-20-26-21-10-9-18(15-28(21)27-20)25-22(23-12-11-19-8-5-13-30-19)24-14-17-6-3-2-4-7-17;/h2-8,13,18H,9-12,14-16H2,1H3,(H2,23,24,25);1H. The van der Waals surface area contributed by atoms with E-state index >= 15 is 0 Å². The lowest BCUT2D eigenvalue weighted by Crippen LogP contribution is -2.47. The number of nitrogens with zero attached hydrogens (tertiary/aromatic N) is 4. The maximum absolute atomic E-state index is 5.43. The largest absolute Gasteiger partial charge is 0.469 e. The number of guanidine groups is 1. The van der Waals surface area contributed by atoms with E-state index in [1.54, 1.807) is 13.4 Å². The molecule has 3 aromatic rings. The molecule has 1 atom stereocenters. The van der Waals surface area contributed by atoms with Crippen molar-refractivity contribution in [3.63, 3.8) is 0 Å². The lowest BCUT2D eigenvalue weighted by atomic mass is 10.1. The molecule has 31 heavy (non-hydrogen) atoms. The van der Waals surface area contributed by atoms with Crippen LogP contribution in [0.1, 0.15) is 29.4 Å². The molecule has 0 fully saturated rings. The molecule has 166 valence electrons. The van der Waals surface area contributed by atoms with E-state index in [1.165, 1.54) is 5.56 Å². The molecule has 1 aliphatic heterocycles. The molecule has 1 aromatic carbocycles. The summed E-state index contributed by atoms with van der Waals surface area (Å²) in [4.78, 5) is 9.35. The summed E-state index contributed by atoms with van der Waals surface area (Å²) in [7, 11) is 1.66. The molecule has 8 nitrogen and oxygen atoms in total. The van der Waals surface area contributed by atoms with Crippen LogP contribution in [0.5, 0.6) is 0 Å². The summed E-state index contributed by atoms with van der Waals surface area (Å²) in [6, 6.07) is 14.4. The number of ether oxygens (including phenoxy) is 1. The first-order valence-corrected chi connectivity index (χ1v) is 10.3. The van der Waals surface area contributed by atoms with Gasteiger partial charge in [0, 0.05) is 32.5 Å². The number of benzene rings is 1. The fourth-order valence-electron chi connectivity index (χ4n) is 3.53. The molecular weight excluding hydrogens is 507 g/mol. The van der Waals surface area contributed by atoms with Crippen molar-refractivity contribution in [2.45, 2.75) is 45.0 Å². The number of aryl methyl sites for hydroxylation is 1. The number of aromatic nitrogens is 3. The van der Waals surface area contributed by atoms with Crippen LogP contribution < -0.4 is 10.6 Å². The number of halogens is 1. The minimum Gasteiger partial charge on any atom is -0.469 e. The van der Waals surface area contributed by atoms with E-state index < -0.39 is 0 Å². The molecule has 0 bridgehead atoms. The summed E-state index contributed by atoms with van der Waals surface area (Å²) in [5.41, 5.74) is 1.18. The zero-order chi connectivity index (χ0) is 20.6. The number of rotatable bonds is 8. The molecule has 0 radical (unpaired) electrons. The molecule has 2 aromatic heterocycles. The smallest absolute Gasteiger partial charge is 0.191 e. The van der Waals surface area contributed by atoms with Crippen molar-refractivity contribution in [2.24, 2.45) is 4.99 Å². The molecular formula is C22H29IN6O2. The monoisotopic (exact) mass is 536 g/mol. The lowest BCUT2D eigenvalue weighted by molar-refractivity contribution is 0.177. The number of fused-ring (bicyclic) bond motifs is 1. The van der Waals surface area contributed by atoms with E-state index in [9.17, 15) is 0 Å². The number of hydrogen-bond acceptors (Lipinski definition) is 5. The van der Waals surface area contributed by atoms with Gasteiger partial charge in [0.2, 0.25) is 0 Å². The molecule has 9 heteroatoms. The zero-order valence-corrected chi connectivity index (χ0v) is 20.0. The van der Waals surface area contributed by atoms with Crippen molar-refractivity contribution in [1.29, 1.82) is 0 Å². The van der Waals surface area contributed by atoms with E-state index in [2.05, 4.69) is 32.8 Å². The van der Waals surface area contributed by atoms with Gasteiger partial charge in [-0.15, -0.1) is 24.0 Å². The molecule has 1 unspecified atom stereocenters. The summed E-state index contributed by atoms with van der Waals surface area (Å²) >= 11 is 0. The van der Waals surface area contributed by atoms with Crippen LogP contribution in [0.3, 0.4) is 0 Å². The quantitative estimate of drug-likeness (QED) is 0.262. The predicted molar refractivity (Wildman–Crippen MR) is 129 cm³/mol. The molecule has 0 saturated heterocycles. The third-order valence-electron chi connectivity index (χ3n) is 5.02. The second-order valence-electron chi connectivity index (χ2n) is 7.35. The van der Waals surface area contributed by atoms with Crippen LogP contribution in [0.15, 0.2) is 58.1 Å². The molecule has 1 aliphatic rings. The van der Waals surface area contributed by atoms with Gasteiger partial charge in [-0.3, -0.25) is 0 Å². The Morgan fingerprint density at radius 2 is 2.13 bits per heavy atom. The Morgan fingerprint density at radius 3 is 2.90 bits per heavy atom. The van der Waals surface area contributed by atoms with E-state index in [-0.39, 0.29) is 30.0 Å². The maximum Gasteiger partial charge on any atom is 0.191 e. The van der Waals surface area contributed by atoms with Gasteiger partial charge in [-0.05, 0) is 24.1 Å². The van der Waals surface area contributed by atoms with Gasteiger partial charge in [-0.2, -0.15) is 5.10 Å². The number of furan rings is 1. The van der Waals surface area contributed by atoms with Crippen LogP contribution in [0.25, 0.3) is 0 Å². The summed E-state index contributed by atoms with van der Waals surface area (Å²) in [6.45, 7) is 2.57. The Kier molecular flexibility index (Phi) is 8.89. The SMILES string of the molecule is COCc1nc2n(n1)CC(NC(=NCc1ccccc1)NCCc1ccco1)CC2.I. The molecule has 3 heterocycles. The van der Waals surface area contributed by atoms with Crippen LogP contribution in [0.4, 0.5) is 0 Å². The minimum absolute atomic E-state index is 0. The van der Waals surface area contributed by atoms with Gasteiger partial charge in [0.1, 0.15) is 18.2 Å².